The van der Waals surface area contributed by atoms with Crippen molar-refractivity contribution < 1.29 is 4.74 Å². The van der Waals surface area contributed by atoms with E-state index in [9.17, 15) is 0 Å². The summed E-state index contributed by atoms with van der Waals surface area (Å²) in [7, 11) is 1.63. The molecule has 0 unspecified atom stereocenters. The molecule has 0 spiro atoms. The zero-order valence-corrected chi connectivity index (χ0v) is 15.9. The van der Waals surface area contributed by atoms with Crippen molar-refractivity contribution in [3.63, 3.8) is 0 Å². The van der Waals surface area contributed by atoms with Crippen molar-refractivity contribution in [2.75, 3.05) is 12.5 Å². The number of hydrazone groups is 1. The molecule has 0 aliphatic carbocycles. The van der Waals surface area contributed by atoms with Gasteiger partial charge in [-0.25, -0.2) is 10.4 Å². The molecular formula is C23H19N5O. The predicted octanol–water partition coefficient (Wildman–Crippen LogP) is 4.66. The van der Waals surface area contributed by atoms with Crippen LogP contribution in [0.4, 0.5) is 5.95 Å². The summed E-state index contributed by atoms with van der Waals surface area (Å²) in [4.78, 5) is 4.66. The maximum absolute atomic E-state index is 5.33. The fraction of sp³-hybridized carbons (Fsp3) is 0.0435. The molecule has 0 amide bonds. The van der Waals surface area contributed by atoms with Crippen molar-refractivity contribution >= 4 is 12.2 Å². The number of aromatic nitrogens is 3. The highest BCUT2D eigenvalue weighted by Gasteiger charge is 2.13. The second-order valence-corrected chi connectivity index (χ2v) is 6.18. The average Bonchev–Trinajstić information content (AvgIpc) is 2.80. The highest BCUT2D eigenvalue weighted by atomic mass is 16.5. The molecule has 0 aliphatic heterocycles. The molecule has 1 N–H and O–H groups in total. The number of benzene rings is 3. The lowest BCUT2D eigenvalue weighted by Gasteiger charge is -2.09. The van der Waals surface area contributed by atoms with Gasteiger partial charge >= 0.3 is 0 Å². The normalized spacial score (nSPS) is 10.8. The molecular weight excluding hydrogens is 362 g/mol. The van der Waals surface area contributed by atoms with Crippen LogP contribution >= 0.6 is 0 Å². The number of rotatable bonds is 6. The molecule has 0 saturated carbocycles. The Balaban J connectivity index is 1.66. The Morgan fingerprint density at radius 1 is 0.759 bits per heavy atom. The van der Waals surface area contributed by atoms with E-state index in [0.29, 0.717) is 5.95 Å². The Hall–Kier alpha value is -4.06. The average molecular weight is 381 g/mol. The van der Waals surface area contributed by atoms with E-state index < -0.39 is 0 Å². The van der Waals surface area contributed by atoms with E-state index in [1.165, 1.54) is 0 Å². The molecule has 1 aromatic heterocycles. The number of nitrogens with zero attached hydrogens (tertiary/aromatic N) is 4. The Labute approximate surface area is 168 Å². The number of methoxy groups -OCH3 is 1. The molecule has 0 radical (unpaired) electrons. The molecule has 0 saturated heterocycles. The molecule has 0 aliphatic rings. The third kappa shape index (κ3) is 4.27. The summed E-state index contributed by atoms with van der Waals surface area (Å²) in [6, 6.07) is 27.4. The first-order chi connectivity index (χ1) is 14.3. The Morgan fingerprint density at radius 2 is 1.38 bits per heavy atom. The van der Waals surface area contributed by atoms with Crippen LogP contribution in [0, 0.1) is 0 Å². The quantitative estimate of drug-likeness (QED) is 0.388. The minimum absolute atomic E-state index is 0.315. The second-order valence-electron chi connectivity index (χ2n) is 6.18. The predicted molar refractivity (Wildman–Crippen MR) is 115 cm³/mol. The molecule has 4 aromatic rings. The molecule has 0 bridgehead atoms. The van der Waals surface area contributed by atoms with Gasteiger partial charge in [0.25, 0.3) is 5.95 Å². The molecule has 3 aromatic carbocycles. The lowest BCUT2D eigenvalue weighted by Crippen LogP contribution is -2.03. The van der Waals surface area contributed by atoms with Crippen LogP contribution < -0.4 is 10.2 Å². The van der Waals surface area contributed by atoms with E-state index in [1.807, 2.05) is 84.9 Å². The Bertz CT molecular complexity index is 1110. The summed E-state index contributed by atoms with van der Waals surface area (Å²) in [6.45, 7) is 0. The van der Waals surface area contributed by atoms with Crippen LogP contribution in [-0.4, -0.2) is 28.5 Å². The van der Waals surface area contributed by atoms with Gasteiger partial charge in [0, 0.05) is 16.7 Å². The summed E-state index contributed by atoms with van der Waals surface area (Å²) >= 11 is 0. The van der Waals surface area contributed by atoms with E-state index in [0.717, 1.165) is 33.8 Å². The van der Waals surface area contributed by atoms with Crippen molar-refractivity contribution in [1.82, 2.24) is 15.2 Å². The van der Waals surface area contributed by atoms with Gasteiger partial charge < -0.3 is 4.74 Å². The van der Waals surface area contributed by atoms with Crippen LogP contribution in [0.5, 0.6) is 5.75 Å². The third-order valence-electron chi connectivity index (χ3n) is 4.29. The summed E-state index contributed by atoms with van der Waals surface area (Å²) in [5, 5.41) is 12.8. The number of nitrogens with one attached hydrogen (secondary N) is 1. The highest BCUT2D eigenvalue weighted by molar-refractivity contribution is 5.84. The summed E-state index contributed by atoms with van der Waals surface area (Å²) in [6.07, 6.45) is 1.66. The Kier molecular flexibility index (Phi) is 5.53. The topological polar surface area (TPSA) is 72.3 Å². The number of ether oxygens (including phenoxy) is 1. The molecule has 29 heavy (non-hydrogen) atoms. The van der Waals surface area contributed by atoms with Crippen LogP contribution in [-0.2, 0) is 0 Å². The SMILES string of the molecule is COc1ccccc1/C=N/Nc1nnc(-c2ccccc2)c(-c2ccccc2)n1. The van der Waals surface area contributed by atoms with Crippen molar-refractivity contribution in [2.24, 2.45) is 5.10 Å². The lowest BCUT2D eigenvalue weighted by molar-refractivity contribution is 0.414. The fourth-order valence-electron chi connectivity index (χ4n) is 2.89. The van der Waals surface area contributed by atoms with Crippen LogP contribution in [0.3, 0.4) is 0 Å². The maximum Gasteiger partial charge on any atom is 0.263 e. The third-order valence-corrected chi connectivity index (χ3v) is 4.29. The zero-order chi connectivity index (χ0) is 19.9. The highest BCUT2D eigenvalue weighted by Crippen LogP contribution is 2.28. The molecule has 6 nitrogen and oxygen atoms in total. The minimum atomic E-state index is 0.315. The lowest BCUT2D eigenvalue weighted by atomic mass is 10.0. The van der Waals surface area contributed by atoms with Gasteiger partial charge in [-0.05, 0) is 12.1 Å². The van der Waals surface area contributed by atoms with Crippen LogP contribution in [0.15, 0.2) is 90.0 Å². The number of anilines is 1. The first-order valence-electron chi connectivity index (χ1n) is 9.13. The van der Waals surface area contributed by atoms with E-state index in [-0.39, 0.29) is 0 Å². The van der Waals surface area contributed by atoms with Gasteiger partial charge in [0.05, 0.1) is 13.3 Å². The fourth-order valence-corrected chi connectivity index (χ4v) is 2.89. The molecule has 0 atom stereocenters. The van der Waals surface area contributed by atoms with Gasteiger partial charge in [-0.15, -0.1) is 10.2 Å². The summed E-state index contributed by atoms with van der Waals surface area (Å²) in [5.74, 6) is 1.05. The summed E-state index contributed by atoms with van der Waals surface area (Å²) in [5.41, 5.74) is 7.08. The summed E-state index contributed by atoms with van der Waals surface area (Å²) < 4.78 is 5.33. The molecule has 6 heteroatoms. The van der Waals surface area contributed by atoms with E-state index >= 15 is 0 Å². The molecule has 142 valence electrons. The minimum Gasteiger partial charge on any atom is -0.496 e. The van der Waals surface area contributed by atoms with Gasteiger partial charge in [-0.3, -0.25) is 0 Å². The largest absolute Gasteiger partial charge is 0.496 e. The van der Waals surface area contributed by atoms with E-state index in [1.54, 1.807) is 13.3 Å². The van der Waals surface area contributed by atoms with Crippen molar-refractivity contribution in [3.05, 3.63) is 90.5 Å². The molecule has 1 heterocycles. The van der Waals surface area contributed by atoms with Gasteiger partial charge in [0.1, 0.15) is 17.1 Å². The van der Waals surface area contributed by atoms with Crippen molar-refractivity contribution in [1.29, 1.82) is 0 Å². The first kappa shape index (κ1) is 18.3. The smallest absolute Gasteiger partial charge is 0.263 e. The first-order valence-corrected chi connectivity index (χ1v) is 9.13. The Morgan fingerprint density at radius 3 is 2.07 bits per heavy atom. The standard InChI is InChI=1S/C23H19N5O/c1-29-20-15-9-8-14-19(20)16-24-27-23-25-21(17-10-4-2-5-11-17)22(26-28-23)18-12-6-3-7-13-18/h2-16H,1H3,(H,25,27,28)/b24-16+. The monoisotopic (exact) mass is 381 g/mol. The number of hydrogen-bond donors (Lipinski definition) is 1. The maximum atomic E-state index is 5.33. The van der Waals surface area contributed by atoms with Gasteiger partial charge in [0.2, 0.25) is 0 Å². The van der Waals surface area contributed by atoms with Gasteiger partial charge in [-0.2, -0.15) is 5.10 Å². The van der Waals surface area contributed by atoms with Gasteiger partial charge in [0.15, 0.2) is 0 Å². The van der Waals surface area contributed by atoms with Crippen molar-refractivity contribution in [3.8, 4) is 28.3 Å². The van der Waals surface area contributed by atoms with Gasteiger partial charge in [-0.1, -0.05) is 72.8 Å². The van der Waals surface area contributed by atoms with Crippen LogP contribution in [0.25, 0.3) is 22.5 Å². The second kappa shape index (κ2) is 8.75. The molecule has 0 fully saturated rings. The van der Waals surface area contributed by atoms with E-state index in [2.05, 4.69) is 25.7 Å². The van der Waals surface area contributed by atoms with Crippen LogP contribution in [0.2, 0.25) is 0 Å². The van der Waals surface area contributed by atoms with Crippen molar-refractivity contribution in [2.45, 2.75) is 0 Å². The number of hydrogen-bond acceptors (Lipinski definition) is 6. The molecule has 4 rings (SSSR count). The number of para-hydroxylation sites is 1. The van der Waals surface area contributed by atoms with E-state index in [4.69, 9.17) is 4.74 Å². The zero-order valence-electron chi connectivity index (χ0n) is 15.9. The van der Waals surface area contributed by atoms with Crippen LogP contribution in [0.1, 0.15) is 5.56 Å².